The van der Waals surface area contributed by atoms with Crippen LogP contribution in [0.4, 0.5) is 5.69 Å². The third kappa shape index (κ3) is 3.17. The number of carbonyl (C=O) groups excluding carboxylic acids is 1. The molecule has 0 radical (unpaired) electrons. The van der Waals surface area contributed by atoms with Crippen LogP contribution in [0.3, 0.4) is 0 Å². The first kappa shape index (κ1) is 13.9. The molecule has 1 rings (SSSR count). The molecule has 17 heavy (non-hydrogen) atoms. The standard InChI is InChI=1S/C10H9BrClNO4/c1-2-17-10(14)7-4-8(12)6(5-11)3-9(7)13(15)16/h3-4H,2,5H2,1H3. The fourth-order valence-electron chi connectivity index (χ4n) is 1.23. The van der Waals surface area contributed by atoms with Crippen LogP contribution >= 0.6 is 27.5 Å². The van der Waals surface area contributed by atoms with Crippen molar-refractivity contribution in [2.45, 2.75) is 12.3 Å². The lowest BCUT2D eigenvalue weighted by Crippen LogP contribution is -2.08. The summed E-state index contributed by atoms with van der Waals surface area (Å²) in [5.74, 6) is -0.748. The van der Waals surface area contributed by atoms with Crippen LogP contribution in [0.5, 0.6) is 0 Å². The molecule has 0 N–H and O–H groups in total. The fourth-order valence-corrected chi connectivity index (χ4v) is 2.09. The Bertz CT molecular complexity index is 464. The third-order valence-corrected chi connectivity index (χ3v) is 2.96. The number of carbonyl (C=O) groups is 1. The molecule has 0 fully saturated rings. The van der Waals surface area contributed by atoms with Gasteiger partial charge in [-0.15, -0.1) is 0 Å². The average molecular weight is 323 g/mol. The molecule has 7 heteroatoms. The minimum atomic E-state index is -0.748. The first-order chi connectivity index (χ1) is 8.01. The Labute approximate surface area is 111 Å². The largest absolute Gasteiger partial charge is 0.462 e. The summed E-state index contributed by atoms with van der Waals surface area (Å²) in [6, 6.07) is 2.53. The first-order valence-corrected chi connectivity index (χ1v) is 6.21. The van der Waals surface area contributed by atoms with E-state index in [1.54, 1.807) is 6.92 Å². The highest BCUT2D eigenvalue weighted by Crippen LogP contribution is 2.29. The van der Waals surface area contributed by atoms with Gasteiger partial charge in [-0.3, -0.25) is 10.1 Å². The molecule has 0 atom stereocenters. The molecule has 0 amide bonds. The Balaban J connectivity index is 3.32. The Morgan fingerprint density at radius 1 is 1.59 bits per heavy atom. The molecule has 1 aromatic carbocycles. The van der Waals surface area contributed by atoms with Crippen molar-refractivity contribution in [3.05, 3.63) is 38.4 Å². The molecule has 0 aliphatic heterocycles. The van der Waals surface area contributed by atoms with E-state index in [-0.39, 0.29) is 22.9 Å². The molecular weight excluding hydrogens is 313 g/mol. The third-order valence-electron chi connectivity index (χ3n) is 2.00. The summed E-state index contributed by atoms with van der Waals surface area (Å²) in [4.78, 5) is 21.7. The predicted molar refractivity (Wildman–Crippen MR) is 66.7 cm³/mol. The molecule has 5 nitrogen and oxygen atoms in total. The molecule has 0 aromatic heterocycles. The summed E-state index contributed by atoms with van der Waals surface area (Å²) in [5, 5.41) is 11.5. The predicted octanol–water partition coefficient (Wildman–Crippen LogP) is 3.32. The Morgan fingerprint density at radius 2 is 2.24 bits per heavy atom. The zero-order valence-corrected chi connectivity index (χ0v) is 11.2. The number of esters is 1. The number of benzene rings is 1. The van der Waals surface area contributed by atoms with E-state index in [1.807, 2.05) is 0 Å². The van der Waals surface area contributed by atoms with E-state index in [9.17, 15) is 14.9 Å². The normalized spacial score (nSPS) is 10.1. The zero-order chi connectivity index (χ0) is 13.0. The van der Waals surface area contributed by atoms with E-state index in [1.165, 1.54) is 12.1 Å². The minimum Gasteiger partial charge on any atom is -0.462 e. The smallest absolute Gasteiger partial charge is 0.345 e. The Kier molecular flexibility index (Phi) is 4.89. The number of nitro groups is 1. The maximum Gasteiger partial charge on any atom is 0.345 e. The fraction of sp³-hybridized carbons (Fsp3) is 0.300. The van der Waals surface area contributed by atoms with Gasteiger partial charge in [0.05, 0.1) is 11.5 Å². The van der Waals surface area contributed by atoms with Crippen molar-refractivity contribution in [1.29, 1.82) is 0 Å². The van der Waals surface area contributed by atoms with Gasteiger partial charge < -0.3 is 4.74 Å². The number of ether oxygens (including phenoxy) is 1. The zero-order valence-electron chi connectivity index (χ0n) is 8.91. The van der Waals surface area contributed by atoms with Crippen molar-refractivity contribution in [2.24, 2.45) is 0 Å². The van der Waals surface area contributed by atoms with Gasteiger partial charge in [0.25, 0.3) is 5.69 Å². The minimum absolute atomic E-state index is 0.133. The lowest BCUT2D eigenvalue weighted by molar-refractivity contribution is -0.385. The second-order valence-electron chi connectivity index (χ2n) is 3.07. The Hall–Kier alpha value is -1.14. The number of hydrogen-bond acceptors (Lipinski definition) is 4. The second kappa shape index (κ2) is 5.97. The highest BCUT2D eigenvalue weighted by atomic mass is 79.9. The first-order valence-electron chi connectivity index (χ1n) is 4.71. The number of halogens is 2. The summed E-state index contributed by atoms with van der Waals surface area (Å²) in [6.45, 7) is 1.77. The Morgan fingerprint density at radius 3 is 2.71 bits per heavy atom. The van der Waals surface area contributed by atoms with E-state index < -0.39 is 10.9 Å². The van der Waals surface area contributed by atoms with Gasteiger partial charge in [-0.25, -0.2) is 4.79 Å². The van der Waals surface area contributed by atoms with E-state index in [4.69, 9.17) is 16.3 Å². The number of alkyl halides is 1. The van der Waals surface area contributed by atoms with Crippen molar-refractivity contribution < 1.29 is 14.5 Å². The van der Waals surface area contributed by atoms with Crippen LogP contribution in [0.15, 0.2) is 12.1 Å². The number of hydrogen-bond donors (Lipinski definition) is 0. The highest BCUT2D eigenvalue weighted by Gasteiger charge is 2.23. The summed E-state index contributed by atoms with van der Waals surface area (Å²) in [5.41, 5.74) is 0.111. The molecule has 0 aliphatic carbocycles. The van der Waals surface area contributed by atoms with Crippen molar-refractivity contribution in [1.82, 2.24) is 0 Å². The van der Waals surface area contributed by atoms with E-state index in [0.717, 1.165) is 0 Å². The van der Waals surface area contributed by atoms with Gasteiger partial charge in [-0.2, -0.15) is 0 Å². The lowest BCUT2D eigenvalue weighted by Gasteiger charge is -2.06. The topological polar surface area (TPSA) is 69.4 Å². The summed E-state index contributed by atoms with van der Waals surface area (Å²) in [6.07, 6.45) is 0. The highest BCUT2D eigenvalue weighted by molar-refractivity contribution is 9.08. The van der Waals surface area contributed by atoms with Crippen LogP contribution < -0.4 is 0 Å². The second-order valence-corrected chi connectivity index (χ2v) is 4.04. The van der Waals surface area contributed by atoms with Gasteiger partial charge in [-0.1, -0.05) is 27.5 Å². The number of rotatable bonds is 4. The number of nitrogens with zero attached hydrogens (tertiary/aromatic N) is 1. The molecule has 1 aromatic rings. The van der Waals surface area contributed by atoms with Crippen LogP contribution in [-0.2, 0) is 10.1 Å². The van der Waals surface area contributed by atoms with Gasteiger partial charge >= 0.3 is 5.97 Å². The molecule has 0 saturated heterocycles. The van der Waals surface area contributed by atoms with Gasteiger partial charge in [0.15, 0.2) is 0 Å². The van der Waals surface area contributed by atoms with Crippen molar-refractivity contribution in [3.8, 4) is 0 Å². The molecular formula is C10H9BrClNO4. The van der Waals surface area contributed by atoms with Crippen LogP contribution in [-0.4, -0.2) is 17.5 Å². The van der Waals surface area contributed by atoms with Crippen LogP contribution in [0, 0.1) is 10.1 Å². The maximum atomic E-state index is 11.5. The van der Waals surface area contributed by atoms with E-state index in [0.29, 0.717) is 10.9 Å². The van der Waals surface area contributed by atoms with Crippen molar-refractivity contribution in [3.63, 3.8) is 0 Å². The van der Waals surface area contributed by atoms with Crippen LogP contribution in [0.25, 0.3) is 0 Å². The SMILES string of the molecule is CCOC(=O)c1cc(Cl)c(CBr)cc1[N+](=O)[O-]. The van der Waals surface area contributed by atoms with Gasteiger partial charge in [0.2, 0.25) is 0 Å². The average Bonchev–Trinajstić information content (AvgIpc) is 2.28. The van der Waals surface area contributed by atoms with E-state index >= 15 is 0 Å². The quantitative estimate of drug-likeness (QED) is 0.369. The summed E-state index contributed by atoms with van der Waals surface area (Å²) >= 11 is 9.05. The van der Waals surface area contributed by atoms with Gasteiger partial charge in [0, 0.05) is 16.4 Å². The molecule has 0 aliphatic rings. The van der Waals surface area contributed by atoms with Crippen molar-refractivity contribution in [2.75, 3.05) is 6.61 Å². The van der Waals surface area contributed by atoms with Gasteiger partial charge in [0.1, 0.15) is 5.56 Å². The monoisotopic (exact) mass is 321 g/mol. The maximum absolute atomic E-state index is 11.5. The lowest BCUT2D eigenvalue weighted by atomic mass is 10.1. The van der Waals surface area contributed by atoms with E-state index in [2.05, 4.69) is 15.9 Å². The van der Waals surface area contributed by atoms with Gasteiger partial charge in [-0.05, 0) is 18.6 Å². The number of nitro benzene ring substituents is 1. The molecule has 0 saturated carbocycles. The molecule has 0 heterocycles. The molecule has 92 valence electrons. The molecule has 0 bridgehead atoms. The molecule has 0 unspecified atom stereocenters. The summed E-state index contributed by atoms with van der Waals surface area (Å²) in [7, 11) is 0. The van der Waals surface area contributed by atoms with Crippen LogP contribution in [0.2, 0.25) is 5.02 Å². The van der Waals surface area contributed by atoms with Crippen LogP contribution in [0.1, 0.15) is 22.8 Å². The summed E-state index contributed by atoms with van der Waals surface area (Å²) < 4.78 is 4.73. The molecule has 0 spiro atoms. The van der Waals surface area contributed by atoms with Crippen molar-refractivity contribution >= 4 is 39.2 Å².